The molecule has 4 rings (SSSR count). The summed E-state index contributed by atoms with van der Waals surface area (Å²) in [5.74, 6) is -3.38. The lowest BCUT2D eigenvalue weighted by Gasteiger charge is -2.16. The van der Waals surface area contributed by atoms with E-state index in [1.807, 2.05) is 0 Å². The van der Waals surface area contributed by atoms with Crippen LogP contribution in [0.3, 0.4) is 0 Å². The predicted molar refractivity (Wildman–Crippen MR) is 124 cm³/mol. The summed E-state index contributed by atoms with van der Waals surface area (Å²) >= 11 is 0. The summed E-state index contributed by atoms with van der Waals surface area (Å²) in [7, 11) is -8.69. The molecule has 0 aliphatic carbocycles. The first-order valence-electron chi connectivity index (χ1n) is 9.96. The second-order valence-electron chi connectivity index (χ2n) is 7.33. The SMILES string of the molecule is NCCS(=O)(=O)c1ccc(-c2cccc3[nH]c(=O)[nH]c23)c(-c2nnn[nH]2)c1S(N)(=O)=O.O=C(O)C(F)(F)F. The van der Waals surface area contributed by atoms with Crippen molar-refractivity contribution in [3.05, 3.63) is 40.8 Å². The third kappa shape index (κ3) is 5.88. The molecule has 0 saturated carbocycles. The lowest BCUT2D eigenvalue weighted by atomic mass is 9.98. The van der Waals surface area contributed by atoms with Gasteiger partial charge in [-0.3, -0.25) is 0 Å². The van der Waals surface area contributed by atoms with E-state index in [2.05, 4.69) is 30.6 Å². The highest BCUT2D eigenvalue weighted by Crippen LogP contribution is 2.40. The summed E-state index contributed by atoms with van der Waals surface area (Å²) in [5, 5.41) is 25.7. The van der Waals surface area contributed by atoms with Crippen molar-refractivity contribution in [3.63, 3.8) is 0 Å². The number of carboxylic acid groups (broad SMARTS) is 1. The smallest absolute Gasteiger partial charge is 0.475 e. The van der Waals surface area contributed by atoms with E-state index in [9.17, 15) is 34.8 Å². The number of sulfone groups is 1. The van der Waals surface area contributed by atoms with Gasteiger partial charge in [0.2, 0.25) is 10.0 Å². The van der Waals surface area contributed by atoms with Gasteiger partial charge in [-0.25, -0.2) is 36.7 Å². The Morgan fingerprint density at radius 1 is 1.05 bits per heavy atom. The van der Waals surface area contributed by atoms with Crippen molar-refractivity contribution >= 4 is 36.9 Å². The second kappa shape index (κ2) is 10.3. The van der Waals surface area contributed by atoms with Crippen LogP contribution in [0.25, 0.3) is 33.5 Å². The minimum absolute atomic E-state index is 0.126. The minimum Gasteiger partial charge on any atom is -0.475 e. The second-order valence-corrected chi connectivity index (χ2v) is 10.9. The largest absolute Gasteiger partial charge is 0.490 e. The Morgan fingerprint density at radius 2 is 1.71 bits per heavy atom. The topological polar surface area (TPSA) is 261 Å². The predicted octanol–water partition coefficient (Wildman–Crippen LogP) is -0.284. The number of sulfonamides is 1. The van der Waals surface area contributed by atoms with Gasteiger partial charge in [0.15, 0.2) is 15.7 Å². The lowest BCUT2D eigenvalue weighted by molar-refractivity contribution is -0.192. The van der Waals surface area contributed by atoms with Crippen LogP contribution in [-0.4, -0.2) is 77.0 Å². The Kier molecular flexibility index (Phi) is 7.72. The van der Waals surface area contributed by atoms with Gasteiger partial charge in [0.25, 0.3) is 0 Å². The molecule has 0 aliphatic heterocycles. The van der Waals surface area contributed by atoms with Crippen LogP contribution < -0.4 is 16.6 Å². The Labute approximate surface area is 210 Å². The van der Waals surface area contributed by atoms with E-state index in [4.69, 9.17) is 20.8 Å². The monoisotopic (exact) mass is 578 g/mol. The number of benzene rings is 2. The number of carbonyl (C=O) groups is 1. The summed E-state index contributed by atoms with van der Waals surface area (Å²) < 4.78 is 82.5. The quantitative estimate of drug-likeness (QED) is 0.173. The third-order valence-electron chi connectivity index (χ3n) is 4.79. The molecule has 0 fully saturated rings. The Balaban J connectivity index is 0.000000505. The fourth-order valence-electron chi connectivity index (χ4n) is 3.36. The van der Waals surface area contributed by atoms with E-state index >= 15 is 0 Å². The maximum atomic E-state index is 12.8. The Morgan fingerprint density at radius 3 is 2.24 bits per heavy atom. The number of halogens is 3. The highest BCUT2D eigenvalue weighted by atomic mass is 32.2. The zero-order valence-corrected chi connectivity index (χ0v) is 20.3. The van der Waals surface area contributed by atoms with Gasteiger partial charge < -0.3 is 20.8 Å². The lowest BCUT2D eigenvalue weighted by Crippen LogP contribution is -2.22. The standard InChI is InChI=1S/C16H16N8O5S2.C2HF3O2/c17-6-7-30(26,27)11-5-4-8(9-2-1-3-10-13(9)20-16(25)19-10)12(14(11)31(18,28)29)15-21-23-24-22-15;3-2(4,5)1(6)7/h1-5H,6-7,17H2,(H2,18,28,29)(H2,19,20,25)(H,21,22,23,24);(H,6,7). The number of hydrogen-bond donors (Lipinski definition) is 6. The molecule has 0 spiro atoms. The number of aliphatic carboxylic acids is 1. The molecule has 204 valence electrons. The fraction of sp³-hybridized carbons (Fsp3) is 0.167. The molecular formula is C18H17F3N8O7S2. The van der Waals surface area contributed by atoms with Crippen molar-refractivity contribution in [1.29, 1.82) is 0 Å². The third-order valence-corrected chi connectivity index (χ3v) is 7.70. The molecule has 15 nitrogen and oxygen atoms in total. The molecule has 0 amide bonds. The number of aromatic nitrogens is 6. The van der Waals surface area contributed by atoms with Gasteiger partial charge in [0, 0.05) is 17.7 Å². The maximum Gasteiger partial charge on any atom is 0.490 e. The minimum atomic E-state index is -5.08. The highest BCUT2D eigenvalue weighted by molar-refractivity contribution is 7.93. The van der Waals surface area contributed by atoms with Crippen molar-refractivity contribution in [3.8, 4) is 22.5 Å². The number of nitrogens with one attached hydrogen (secondary N) is 3. The van der Waals surface area contributed by atoms with Gasteiger partial charge in [0.05, 0.1) is 21.7 Å². The zero-order valence-electron chi connectivity index (χ0n) is 18.6. The van der Waals surface area contributed by atoms with Gasteiger partial charge in [-0.1, -0.05) is 18.2 Å². The van der Waals surface area contributed by atoms with Crippen LogP contribution in [0.4, 0.5) is 13.2 Å². The van der Waals surface area contributed by atoms with Crippen LogP contribution >= 0.6 is 0 Å². The number of primary sulfonamides is 1. The van der Waals surface area contributed by atoms with Crippen LogP contribution in [0.15, 0.2) is 44.9 Å². The van der Waals surface area contributed by atoms with Gasteiger partial charge in [-0.05, 0) is 28.1 Å². The summed E-state index contributed by atoms with van der Waals surface area (Å²) in [6.45, 7) is -0.225. The molecule has 0 radical (unpaired) electrons. The van der Waals surface area contributed by atoms with Crippen LogP contribution in [-0.2, 0) is 24.7 Å². The number of aromatic amines is 3. The van der Waals surface area contributed by atoms with Crippen LogP contribution in [0.5, 0.6) is 0 Å². The molecule has 2 aromatic heterocycles. The van der Waals surface area contributed by atoms with E-state index in [-0.39, 0.29) is 23.5 Å². The molecule has 0 saturated heterocycles. The molecule has 20 heteroatoms. The van der Waals surface area contributed by atoms with Crippen LogP contribution in [0, 0.1) is 0 Å². The van der Waals surface area contributed by atoms with Crippen molar-refractivity contribution in [2.45, 2.75) is 16.0 Å². The zero-order chi connectivity index (χ0) is 28.5. The molecule has 4 aromatic rings. The van der Waals surface area contributed by atoms with Gasteiger partial charge in [-0.15, -0.1) is 5.10 Å². The molecule has 2 heterocycles. The number of imidazole rings is 1. The van der Waals surface area contributed by atoms with E-state index in [0.29, 0.717) is 16.6 Å². The van der Waals surface area contributed by atoms with Crippen molar-refractivity contribution in [1.82, 2.24) is 30.6 Å². The van der Waals surface area contributed by atoms with Crippen LogP contribution in [0.2, 0.25) is 0 Å². The number of carboxylic acids is 1. The van der Waals surface area contributed by atoms with Crippen LogP contribution in [0.1, 0.15) is 0 Å². The molecule has 0 bridgehead atoms. The molecule has 0 aliphatic rings. The number of fused-ring (bicyclic) bond motifs is 1. The Bertz CT molecular complexity index is 1760. The fourth-order valence-corrected chi connectivity index (χ4v) is 6.12. The normalized spacial score (nSPS) is 12.2. The number of nitrogens with two attached hydrogens (primary N) is 2. The van der Waals surface area contributed by atoms with Gasteiger partial charge >= 0.3 is 17.8 Å². The number of nitrogens with zero attached hydrogens (tertiary/aromatic N) is 3. The first kappa shape index (κ1) is 28.4. The molecule has 8 N–H and O–H groups in total. The van der Waals surface area contributed by atoms with Crippen molar-refractivity contribution < 1.29 is 39.9 Å². The molecule has 0 unspecified atom stereocenters. The number of hydrogen-bond acceptors (Lipinski definition) is 10. The van der Waals surface area contributed by atoms with Gasteiger partial charge in [-0.2, -0.15) is 13.2 Å². The number of para-hydroxylation sites is 1. The first-order chi connectivity index (χ1) is 17.6. The molecule has 0 atom stereocenters. The number of alkyl halides is 3. The summed E-state index contributed by atoms with van der Waals surface area (Å²) in [6.07, 6.45) is -5.08. The number of rotatable bonds is 6. The van der Waals surface area contributed by atoms with Crippen molar-refractivity contribution in [2.75, 3.05) is 12.3 Å². The van der Waals surface area contributed by atoms with E-state index in [1.165, 1.54) is 6.07 Å². The average Bonchev–Trinajstić information content (AvgIpc) is 3.46. The van der Waals surface area contributed by atoms with E-state index in [0.717, 1.165) is 6.07 Å². The average molecular weight is 579 g/mol. The molecular weight excluding hydrogens is 561 g/mol. The molecule has 2 aromatic carbocycles. The van der Waals surface area contributed by atoms with Gasteiger partial charge in [0.1, 0.15) is 4.90 Å². The number of H-pyrrole nitrogens is 3. The Hall–Kier alpha value is -4.14. The summed E-state index contributed by atoms with van der Waals surface area (Å²) in [4.78, 5) is 24.8. The highest BCUT2D eigenvalue weighted by Gasteiger charge is 2.38. The first-order valence-corrected chi connectivity index (χ1v) is 13.2. The summed E-state index contributed by atoms with van der Waals surface area (Å²) in [5.41, 5.74) is 6.23. The van der Waals surface area contributed by atoms with Crippen molar-refractivity contribution in [2.24, 2.45) is 10.9 Å². The summed E-state index contributed by atoms with van der Waals surface area (Å²) in [6, 6.07) is 7.44. The number of tetrazole rings is 1. The molecule has 38 heavy (non-hydrogen) atoms. The van der Waals surface area contributed by atoms with E-state index < -0.39 is 53.2 Å². The maximum absolute atomic E-state index is 12.8. The van der Waals surface area contributed by atoms with E-state index in [1.54, 1.807) is 18.2 Å².